The molecule has 26 heavy (non-hydrogen) atoms. The fourth-order valence-electron chi connectivity index (χ4n) is 3.13. The number of esters is 1. The predicted molar refractivity (Wildman–Crippen MR) is 100 cm³/mol. The SMILES string of the molecule is CC(OCCOC(=O)c1ccccc1)Oc1ccc(C2(C)CC2C)cc1. The molecule has 0 aliphatic heterocycles. The van der Waals surface area contributed by atoms with Gasteiger partial charge in [0.2, 0.25) is 0 Å². The highest BCUT2D eigenvalue weighted by Crippen LogP contribution is 2.53. The first-order valence-electron chi connectivity index (χ1n) is 9.10. The maximum atomic E-state index is 11.8. The van der Waals surface area contributed by atoms with Gasteiger partial charge in [0, 0.05) is 0 Å². The van der Waals surface area contributed by atoms with E-state index < -0.39 is 6.29 Å². The van der Waals surface area contributed by atoms with Crippen molar-refractivity contribution in [3.63, 3.8) is 0 Å². The minimum absolute atomic E-state index is 0.191. The molecule has 0 N–H and O–H groups in total. The van der Waals surface area contributed by atoms with Crippen LogP contribution < -0.4 is 4.74 Å². The van der Waals surface area contributed by atoms with E-state index in [4.69, 9.17) is 14.2 Å². The molecule has 4 heteroatoms. The first kappa shape index (κ1) is 18.5. The molecule has 1 aliphatic rings. The zero-order chi connectivity index (χ0) is 18.6. The molecule has 2 aromatic carbocycles. The molecule has 3 atom stereocenters. The molecular formula is C22H26O4. The van der Waals surface area contributed by atoms with Crippen molar-refractivity contribution >= 4 is 5.97 Å². The second-order valence-corrected chi connectivity index (χ2v) is 7.11. The van der Waals surface area contributed by atoms with Crippen LogP contribution in [0.25, 0.3) is 0 Å². The molecule has 0 heterocycles. The van der Waals surface area contributed by atoms with Crippen molar-refractivity contribution in [2.45, 2.75) is 38.9 Å². The van der Waals surface area contributed by atoms with E-state index in [0.717, 1.165) is 11.7 Å². The zero-order valence-electron chi connectivity index (χ0n) is 15.6. The van der Waals surface area contributed by atoms with Gasteiger partial charge < -0.3 is 14.2 Å². The van der Waals surface area contributed by atoms with Crippen molar-refractivity contribution in [3.05, 3.63) is 65.7 Å². The van der Waals surface area contributed by atoms with Crippen LogP contribution in [-0.4, -0.2) is 25.5 Å². The van der Waals surface area contributed by atoms with Crippen molar-refractivity contribution in [2.75, 3.05) is 13.2 Å². The Bertz CT molecular complexity index is 726. The highest BCUT2D eigenvalue weighted by molar-refractivity contribution is 5.89. The lowest BCUT2D eigenvalue weighted by Gasteiger charge is -2.17. The van der Waals surface area contributed by atoms with E-state index in [-0.39, 0.29) is 19.2 Å². The van der Waals surface area contributed by atoms with Crippen molar-refractivity contribution in [1.29, 1.82) is 0 Å². The Kier molecular flexibility index (Phi) is 5.62. The fourth-order valence-corrected chi connectivity index (χ4v) is 3.13. The summed E-state index contributed by atoms with van der Waals surface area (Å²) in [5.74, 6) is 1.18. The Balaban J connectivity index is 1.38. The molecule has 0 aromatic heterocycles. The maximum absolute atomic E-state index is 11.8. The number of benzene rings is 2. The van der Waals surface area contributed by atoms with E-state index in [9.17, 15) is 4.79 Å². The van der Waals surface area contributed by atoms with Gasteiger partial charge in [-0.15, -0.1) is 0 Å². The average molecular weight is 354 g/mol. The van der Waals surface area contributed by atoms with Crippen LogP contribution in [0, 0.1) is 5.92 Å². The van der Waals surface area contributed by atoms with Gasteiger partial charge in [-0.25, -0.2) is 4.79 Å². The molecule has 1 aliphatic carbocycles. The number of hydrogen-bond acceptors (Lipinski definition) is 4. The van der Waals surface area contributed by atoms with Crippen molar-refractivity contribution in [2.24, 2.45) is 5.92 Å². The average Bonchev–Trinajstić information content (AvgIpc) is 3.27. The summed E-state index contributed by atoms with van der Waals surface area (Å²) in [5.41, 5.74) is 2.22. The number of hydrogen-bond donors (Lipinski definition) is 0. The fraction of sp³-hybridized carbons (Fsp3) is 0.409. The summed E-state index contributed by atoms with van der Waals surface area (Å²) in [4.78, 5) is 11.8. The third-order valence-electron chi connectivity index (χ3n) is 5.15. The molecule has 1 saturated carbocycles. The molecule has 2 aromatic rings. The van der Waals surface area contributed by atoms with Crippen molar-refractivity contribution in [1.82, 2.24) is 0 Å². The molecule has 0 amide bonds. The highest BCUT2D eigenvalue weighted by atomic mass is 16.7. The van der Waals surface area contributed by atoms with E-state index in [2.05, 4.69) is 26.0 Å². The summed E-state index contributed by atoms with van der Waals surface area (Å²) in [6.07, 6.45) is 0.834. The van der Waals surface area contributed by atoms with E-state index in [1.807, 2.05) is 25.1 Å². The monoisotopic (exact) mass is 354 g/mol. The summed E-state index contributed by atoms with van der Waals surface area (Å²) in [6.45, 7) is 6.89. The van der Waals surface area contributed by atoms with Gasteiger partial charge in [0.25, 0.3) is 0 Å². The molecule has 138 valence electrons. The number of carbonyl (C=O) groups excluding carboxylic acids is 1. The first-order chi connectivity index (χ1) is 12.5. The predicted octanol–water partition coefficient (Wildman–Crippen LogP) is 4.58. The largest absolute Gasteiger partial charge is 0.465 e. The highest BCUT2D eigenvalue weighted by Gasteiger charge is 2.47. The molecule has 0 radical (unpaired) electrons. The number of rotatable bonds is 8. The topological polar surface area (TPSA) is 44.8 Å². The van der Waals surface area contributed by atoms with Gasteiger partial charge >= 0.3 is 5.97 Å². The van der Waals surface area contributed by atoms with E-state index in [1.54, 1.807) is 24.3 Å². The minimum Gasteiger partial charge on any atom is -0.465 e. The molecule has 0 spiro atoms. The van der Waals surface area contributed by atoms with Crippen molar-refractivity contribution in [3.8, 4) is 5.75 Å². The molecule has 1 fully saturated rings. The van der Waals surface area contributed by atoms with Crippen LogP contribution >= 0.6 is 0 Å². The van der Waals surface area contributed by atoms with Crippen molar-refractivity contribution < 1.29 is 19.0 Å². The van der Waals surface area contributed by atoms with Crippen LogP contribution in [0.2, 0.25) is 0 Å². The Labute approximate surface area is 155 Å². The van der Waals surface area contributed by atoms with Crippen LogP contribution in [0.15, 0.2) is 54.6 Å². The molecule has 0 saturated heterocycles. The Morgan fingerprint density at radius 3 is 2.38 bits per heavy atom. The molecule has 3 rings (SSSR count). The lowest BCUT2D eigenvalue weighted by Crippen LogP contribution is -2.20. The Morgan fingerprint density at radius 1 is 1.12 bits per heavy atom. The molecule has 3 unspecified atom stereocenters. The standard InChI is InChI=1S/C22H26O4/c1-16-15-22(16,3)19-9-11-20(12-10-19)26-17(2)24-13-14-25-21(23)18-7-5-4-6-8-18/h4-12,16-17H,13-15H2,1-3H3. The summed E-state index contributed by atoms with van der Waals surface area (Å²) < 4.78 is 16.5. The van der Waals surface area contributed by atoms with Crippen LogP contribution in [0.5, 0.6) is 5.75 Å². The van der Waals surface area contributed by atoms with E-state index >= 15 is 0 Å². The van der Waals surface area contributed by atoms with Gasteiger partial charge in [0.1, 0.15) is 12.4 Å². The van der Waals surface area contributed by atoms with E-state index in [1.165, 1.54) is 12.0 Å². The Hall–Kier alpha value is -2.33. The van der Waals surface area contributed by atoms with Crippen LogP contribution in [-0.2, 0) is 14.9 Å². The molecule has 0 bridgehead atoms. The first-order valence-corrected chi connectivity index (χ1v) is 9.10. The third kappa shape index (κ3) is 4.44. The van der Waals surface area contributed by atoms with Crippen LogP contribution in [0.4, 0.5) is 0 Å². The van der Waals surface area contributed by atoms with Gasteiger partial charge in [0.15, 0.2) is 6.29 Å². The van der Waals surface area contributed by atoms with Gasteiger partial charge in [-0.1, -0.05) is 44.2 Å². The number of carbonyl (C=O) groups is 1. The zero-order valence-corrected chi connectivity index (χ0v) is 15.6. The summed E-state index contributed by atoms with van der Waals surface area (Å²) in [5, 5.41) is 0. The summed E-state index contributed by atoms with van der Waals surface area (Å²) >= 11 is 0. The van der Waals surface area contributed by atoms with Crippen LogP contribution in [0.3, 0.4) is 0 Å². The maximum Gasteiger partial charge on any atom is 0.338 e. The second kappa shape index (κ2) is 7.92. The second-order valence-electron chi connectivity index (χ2n) is 7.11. The smallest absolute Gasteiger partial charge is 0.338 e. The Morgan fingerprint density at radius 2 is 1.77 bits per heavy atom. The van der Waals surface area contributed by atoms with Gasteiger partial charge in [0.05, 0.1) is 12.2 Å². The van der Waals surface area contributed by atoms with E-state index in [0.29, 0.717) is 11.0 Å². The van der Waals surface area contributed by atoms with Gasteiger partial charge in [-0.05, 0) is 54.5 Å². The summed E-state index contributed by atoms with van der Waals surface area (Å²) in [6, 6.07) is 17.2. The lowest BCUT2D eigenvalue weighted by atomic mass is 9.96. The minimum atomic E-state index is -0.410. The van der Waals surface area contributed by atoms with Gasteiger partial charge in [-0.2, -0.15) is 0 Å². The molecular weight excluding hydrogens is 328 g/mol. The third-order valence-corrected chi connectivity index (χ3v) is 5.15. The number of ether oxygens (including phenoxy) is 3. The lowest BCUT2D eigenvalue weighted by molar-refractivity contribution is -0.0783. The summed E-state index contributed by atoms with van der Waals surface area (Å²) in [7, 11) is 0. The normalized spacial score (nSPS) is 22.5. The molecule has 4 nitrogen and oxygen atoms in total. The quantitative estimate of drug-likeness (QED) is 0.395. The van der Waals surface area contributed by atoms with Gasteiger partial charge in [-0.3, -0.25) is 0 Å². The van der Waals surface area contributed by atoms with Crippen LogP contribution in [0.1, 0.15) is 43.1 Å².